The summed E-state index contributed by atoms with van der Waals surface area (Å²) >= 11 is 0. The molecule has 2 aliphatic rings. The molecule has 2 fully saturated rings. The summed E-state index contributed by atoms with van der Waals surface area (Å²) in [5.41, 5.74) is -0.325. The van der Waals surface area contributed by atoms with Crippen LogP contribution >= 0.6 is 12.4 Å². The molecule has 0 aliphatic carbocycles. The Bertz CT molecular complexity index is 1940. The van der Waals surface area contributed by atoms with E-state index in [-0.39, 0.29) is 48.3 Å². The Morgan fingerprint density at radius 3 is 1.54 bits per heavy atom. The maximum Gasteiger partial charge on any atom is 0.416 e. The number of alkyl halides is 10. The van der Waals surface area contributed by atoms with E-state index in [9.17, 15) is 48.7 Å². The van der Waals surface area contributed by atoms with Crippen molar-refractivity contribution in [1.82, 2.24) is 39.7 Å². The lowest BCUT2D eigenvalue weighted by molar-refractivity contribution is -0.160. The summed E-state index contributed by atoms with van der Waals surface area (Å²) in [6, 6.07) is 7.01. The van der Waals surface area contributed by atoms with E-state index in [0.29, 0.717) is 11.1 Å². The van der Waals surface area contributed by atoms with Crippen LogP contribution in [0.15, 0.2) is 61.2 Å². The molecule has 0 spiro atoms. The highest BCUT2D eigenvalue weighted by Crippen LogP contribution is 2.34. The lowest BCUT2D eigenvalue weighted by atomic mass is 10.1. The van der Waals surface area contributed by atoms with Crippen LogP contribution in [0.1, 0.15) is 22.3 Å². The van der Waals surface area contributed by atoms with Crippen molar-refractivity contribution in [2.45, 2.75) is 44.3 Å². The Labute approximate surface area is 306 Å². The zero-order valence-corrected chi connectivity index (χ0v) is 28.8. The first kappa shape index (κ1) is 43.5. The number of likely N-dealkylation sites (tertiary alicyclic amines) is 1. The van der Waals surface area contributed by atoms with Crippen LogP contribution in [-0.2, 0) is 17.1 Å². The normalized spacial score (nSPS) is 16.2. The number of aryl methyl sites for hydroxylation is 2. The molecule has 0 bridgehead atoms. The predicted molar refractivity (Wildman–Crippen MR) is 176 cm³/mol. The Hall–Kier alpha value is -4.86. The molecule has 2 saturated heterocycles. The molecular weight excluding hydrogens is 770 g/mol. The third kappa shape index (κ3) is 12.6. The number of aliphatic hydroxyl groups is 2. The summed E-state index contributed by atoms with van der Waals surface area (Å²) in [4.78, 5) is 20.5. The number of aliphatic hydroxyl groups excluding tert-OH is 1. The van der Waals surface area contributed by atoms with Crippen LogP contribution in [-0.4, -0.2) is 94.9 Å². The van der Waals surface area contributed by atoms with E-state index in [4.69, 9.17) is 10.2 Å². The highest BCUT2D eigenvalue weighted by atomic mass is 35.5. The summed E-state index contributed by atoms with van der Waals surface area (Å²) in [7, 11) is 0. The van der Waals surface area contributed by atoms with Gasteiger partial charge in [0, 0.05) is 29.6 Å². The predicted octanol–water partition coefficient (Wildman–Crippen LogP) is 5.92. The highest BCUT2D eigenvalue weighted by Gasteiger charge is 2.45. The lowest BCUT2D eigenvalue weighted by Gasteiger charge is -2.37. The number of halogens is 11. The molecule has 2 aromatic carbocycles. The summed E-state index contributed by atoms with van der Waals surface area (Å²) < 4.78 is 128. The van der Waals surface area contributed by atoms with Crippen molar-refractivity contribution in [2.24, 2.45) is 0 Å². The fourth-order valence-corrected chi connectivity index (χ4v) is 4.50. The smallest absolute Gasteiger partial charge is 0.365 e. The number of aromatic nitrogens is 6. The van der Waals surface area contributed by atoms with Gasteiger partial charge in [-0.25, -0.2) is 36.9 Å². The standard InChI is InChI=1S/C16H13F5N4O.C13H12F3N3O2.C3H5F2N.ClH/c1-10-4-11(6-12(5-10)16(19,20)21)14-22-9-25(23-14)3-2-13(26)24-7-15(17,18)8-24;1-8-4-9(6-10(5-8)13(14,15)16)12-17-7-19(18-12)3-2-11(20)21;4-3(5)1-6-2-3;/h2-6,9H,7-8H2,1H3;2-7,11,20-21H,1H3;6H,1-2H2;1H/b2*3-2-;;. The van der Waals surface area contributed by atoms with Crippen molar-refractivity contribution >= 4 is 30.7 Å². The van der Waals surface area contributed by atoms with Crippen LogP contribution in [0.25, 0.3) is 35.2 Å². The van der Waals surface area contributed by atoms with E-state index < -0.39 is 60.6 Å². The van der Waals surface area contributed by atoms with Gasteiger partial charge in [0.05, 0.1) is 37.3 Å². The van der Waals surface area contributed by atoms with Gasteiger partial charge in [-0.15, -0.1) is 22.6 Å². The van der Waals surface area contributed by atoms with Gasteiger partial charge in [0.2, 0.25) is 5.91 Å². The monoisotopic (exact) mass is 800 g/mol. The summed E-state index contributed by atoms with van der Waals surface area (Å²) in [6.07, 6.45) is -3.59. The quantitative estimate of drug-likeness (QED) is 0.124. The fourth-order valence-electron chi connectivity index (χ4n) is 4.50. The van der Waals surface area contributed by atoms with Crippen molar-refractivity contribution in [3.63, 3.8) is 0 Å². The molecule has 2 aromatic heterocycles. The van der Waals surface area contributed by atoms with Gasteiger partial charge in [-0.1, -0.05) is 0 Å². The first-order valence-electron chi connectivity index (χ1n) is 15.2. The minimum atomic E-state index is -4.49. The van der Waals surface area contributed by atoms with Gasteiger partial charge < -0.3 is 20.4 Å². The van der Waals surface area contributed by atoms with Crippen molar-refractivity contribution < 1.29 is 58.9 Å². The molecule has 6 rings (SSSR count). The van der Waals surface area contributed by atoms with Crippen LogP contribution in [0.2, 0.25) is 0 Å². The molecule has 4 heterocycles. The Morgan fingerprint density at radius 2 is 1.19 bits per heavy atom. The largest absolute Gasteiger partial charge is 0.416 e. The van der Waals surface area contributed by atoms with Crippen LogP contribution in [0.3, 0.4) is 0 Å². The molecule has 0 unspecified atom stereocenters. The number of hydrogen-bond acceptors (Lipinski definition) is 8. The second-order valence-corrected chi connectivity index (χ2v) is 11.8. The van der Waals surface area contributed by atoms with E-state index >= 15 is 0 Å². The maximum atomic E-state index is 12.9. The first-order valence-corrected chi connectivity index (χ1v) is 15.2. The third-order valence-corrected chi connectivity index (χ3v) is 7.05. The number of nitrogens with one attached hydrogen (secondary N) is 1. The Balaban J connectivity index is 0.000000251. The van der Waals surface area contributed by atoms with E-state index in [1.165, 1.54) is 42.7 Å². The molecule has 0 saturated carbocycles. The van der Waals surface area contributed by atoms with Crippen LogP contribution in [0.4, 0.5) is 43.9 Å². The highest BCUT2D eigenvalue weighted by molar-refractivity contribution is 5.90. The van der Waals surface area contributed by atoms with Crippen molar-refractivity contribution in [3.8, 4) is 22.8 Å². The van der Waals surface area contributed by atoms with Crippen molar-refractivity contribution in [3.05, 3.63) is 83.5 Å². The van der Waals surface area contributed by atoms with Gasteiger partial charge in [-0.05, 0) is 67.4 Å². The van der Waals surface area contributed by atoms with Crippen molar-refractivity contribution in [2.75, 3.05) is 26.2 Å². The fraction of sp³-hybridized carbons (Fsp3) is 0.344. The molecule has 2 aliphatic heterocycles. The summed E-state index contributed by atoms with van der Waals surface area (Å²) in [6.45, 7) is 1.54. The van der Waals surface area contributed by atoms with Gasteiger partial charge in [-0.2, -0.15) is 26.3 Å². The molecule has 11 nitrogen and oxygen atoms in total. The van der Waals surface area contributed by atoms with Gasteiger partial charge in [-0.3, -0.25) is 4.79 Å². The average Bonchev–Trinajstić information content (AvgIpc) is 3.70. The van der Waals surface area contributed by atoms with Crippen molar-refractivity contribution in [1.29, 1.82) is 0 Å². The second kappa shape index (κ2) is 17.1. The Kier molecular flexibility index (Phi) is 13.8. The molecule has 1 amide bonds. The molecule has 54 heavy (non-hydrogen) atoms. The van der Waals surface area contributed by atoms with Gasteiger partial charge >= 0.3 is 12.4 Å². The lowest BCUT2D eigenvalue weighted by Crippen LogP contribution is -2.58. The van der Waals surface area contributed by atoms with E-state index in [2.05, 4.69) is 25.5 Å². The minimum Gasteiger partial charge on any atom is -0.365 e. The topological polar surface area (TPSA) is 134 Å². The average molecular weight is 801 g/mol. The molecular formula is C32H31ClF10N8O3. The van der Waals surface area contributed by atoms with Crippen LogP contribution in [0, 0.1) is 13.8 Å². The zero-order valence-electron chi connectivity index (χ0n) is 28.0. The van der Waals surface area contributed by atoms with Gasteiger partial charge in [0.15, 0.2) is 17.9 Å². The third-order valence-electron chi connectivity index (χ3n) is 7.05. The minimum absolute atomic E-state index is 0. The first-order chi connectivity index (χ1) is 24.5. The van der Waals surface area contributed by atoms with Crippen LogP contribution < -0.4 is 5.32 Å². The second-order valence-electron chi connectivity index (χ2n) is 11.8. The molecule has 3 N–H and O–H groups in total. The van der Waals surface area contributed by atoms with E-state index in [0.717, 1.165) is 46.0 Å². The van der Waals surface area contributed by atoms with E-state index in [1.54, 1.807) is 13.0 Å². The number of rotatable bonds is 6. The van der Waals surface area contributed by atoms with E-state index in [1.807, 2.05) is 0 Å². The molecule has 0 atom stereocenters. The van der Waals surface area contributed by atoms with Gasteiger partial charge in [0.25, 0.3) is 11.8 Å². The number of carbonyl (C=O) groups is 1. The summed E-state index contributed by atoms with van der Waals surface area (Å²) in [5, 5.41) is 27.7. The number of carbonyl (C=O) groups excluding carboxylic acids is 1. The number of benzene rings is 2. The molecule has 22 heteroatoms. The number of nitrogens with zero attached hydrogens (tertiary/aromatic N) is 7. The number of hydrogen-bond donors (Lipinski definition) is 3. The molecule has 0 radical (unpaired) electrons. The molecule has 294 valence electrons. The zero-order chi connectivity index (χ0) is 39.4. The summed E-state index contributed by atoms with van der Waals surface area (Å²) in [5.74, 6) is -5.69. The van der Waals surface area contributed by atoms with Gasteiger partial charge in [0.1, 0.15) is 12.7 Å². The Morgan fingerprint density at radius 1 is 0.759 bits per heavy atom. The molecule has 4 aromatic rings. The maximum absolute atomic E-state index is 12.9. The SMILES string of the molecule is Cc1cc(-c2ncn(/C=C\C(=O)N3CC(F)(F)C3)n2)cc(C(F)(F)F)c1.Cc1cc(-c2ncn(/C=C\C(O)O)n2)cc(C(F)(F)F)c1.Cl.FC1(F)CNC1. The number of amides is 1. The van der Waals surface area contributed by atoms with Crippen LogP contribution in [0.5, 0.6) is 0 Å².